The second-order valence-corrected chi connectivity index (χ2v) is 8.19. The number of halogens is 1. The second kappa shape index (κ2) is 8.25. The first-order chi connectivity index (χ1) is 13.2. The molecular formula is C20H29ClN4O2. The van der Waals surface area contributed by atoms with Crippen LogP contribution in [-0.4, -0.2) is 74.7 Å². The Hall–Kier alpha value is -1.50. The van der Waals surface area contributed by atoms with Gasteiger partial charge in [0.25, 0.3) is 0 Å². The molecule has 0 bridgehead atoms. The first-order valence-corrected chi connectivity index (χ1v) is 10.4. The number of methoxy groups -OCH3 is 1. The van der Waals surface area contributed by atoms with E-state index in [0.29, 0.717) is 17.7 Å². The first-order valence-electron chi connectivity index (χ1n) is 9.99. The van der Waals surface area contributed by atoms with E-state index < -0.39 is 0 Å². The van der Waals surface area contributed by atoms with E-state index in [1.165, 1.54) is 24.8 Å². The lowest BCUT2D eigenvalue weighted by atomic mass is 9.80. The molecule has 27 heavy (non-hydrogen) atoms. The highest BCUT2D eigenvalue weighted by Crippen LogP contribution is 2.43. The summed E-state index contributed by atoms with van der Waals surface area (Å²) in [6.07, 6.45) is 3.63. The predicted octanol–water partition coefficient (Wildman–Crippen LogP) is 2.14. The van der Waals surface area contributed by atoms with Crippen LogP contribution >= 0.6 is 11.6 Å². The van der Waals surface area contributed by atoms with Crippen LogP contribution in [0.1, 0.15) is 30.7 Å². The molecule has 1 amide bonds. The van der Waals surface area contributed by atoms with Gasteiger partial charge in [-0.3, -0.25) is 9.69 Å². The van der Waals surface area contributed by atoms with Crippen molar-refractivity contribution in [3.05, 3.63) is 22.7 Å². The molecule has 2 N–H and O–H groups in total. The van der Waals surface area contributed by atoms with Crippen LogP contribution < -0.4 is 15.4 Å². The summed E-state index contributed by atoms with van der Waals surface area (Å²) in [6, 6.07) is 4.59. The maximum atomic E-state index is 12.6. The van der Waals surface area contributed by atoms with Crippen LogP contribution in [0.4, 0.5) is 5.69 Å². The Labute approximate surface area is 166 Å². The molecular weight excluding hydrogens is 364 g/mol. The van der Waals surface area contributed by atoms with Gasteiger partial charge in [-0.2, -0.15) is 0 Å². The minimum Gasteiger partial charge on any atom is -0.495 e. The highest BCUT2D eigenvalue weighted by Gasteiger charge is 2.29. The molecule has 2 aliphatic heterocycles. The first kappa shape index (κ1) is 18.8. The molecule has 4 rings (SSSR count). The topological polar surface area (TPSA) is 56.8 Å². The molecule has 3 fully saturated rings. The molecule has 1 aromatic rings. The zero-order valence-electron chi connectivity index (χ0n) is 16.0. The Balaban J connectivity index is 1.34. The number of amides is 1. The molecule has 1 aromatic carbocycles. The Kier molecular flexibility index (Phi) is 5.76. The molecule has 3 aliphatic rings. The predicted molar refractivity (Wildman–Crippen MR) is 108 cm³/mol. The SMILES string of the molecule is COc1cc(Cl)c(C2CCC2)cc1NCC(=O)N1CCN(C2CNC2)CC1. The van der Waals surface area contributed by atoms with Gasteiger partial charge < -0.3 is 20.3 Å². The van der Waals surface area contributed by atoms with Crippen LogP contribution in [0.3, 0.4) is 0 Å². The van der Waals surface area contributed by atoms with Crippen LogP contribution in [-0.2, 0) is 4.79 Å². The minimum atomic E-state index is 0.142. The molecule has 1 aliphatic carbocycles. The van der Waals surface area contributed by atoms with Crippen molar-refractivity contribution in [2.75, 3.05) is 58.2 Å². The van der Waals surface area contributed by atoms with E-state index in [1.807, 2.05) is 11.0 Å². The summed E-state index contributed by atoms with van der Waals surface area (Å²) in [5.41, 5.74) is 2.03. The minimum absolute atomic E-state index is 0.142. The van der Waals surface area contributed by atoms with Crippen molar-refractivity contribution in [3.63, 3.8) is 0 Å². The molecule has 7 heteroatoms. The molecule has 0 atom stereocenters. The number of piperazine rings is 1. The van der Waals surface area contributed by atoms with Crippen molar-refractivity contribution < 1.29 is 9.53 Å². The van der Waals surface area contributed by atoms with Gasteiger partial charge in [0.1, 0.15) is 5.75 Å². The van der Waals surface area contributed by atoms with Crippen molar-refractivity contribution in [1.29, 1.82) is 0 Å². The van der Waals surface area contributed by atoms with Gasteiger partial charge in [-0.05, 0) is 30.4 Å². The van der Waals surface area contributed by atoms with Crippen molar-refractivity contribution in [2.45, 2.75) is 31.2 Å². The zero-order chi connectivity index (χ0) is 18.8. The van der Waals surface area contributed by atoms with Crippen LogP contribution in [0.25, 0.3) is 0 Å². The van der Waals surface area contributed by atoms with Crippen molar-refractivity contribution >= 4 is 23.2 Å². The Bertz CT molecular complexity index is 683. The number of carbonyl (C=O) groups excluding carboxylic acids is 1. The van der Waals surface area contributed by atoms with E-state index >= 15 is 0 Å². The number of rotatable bonds is 6. The lowest BCUT2D eigenvalue weighted by Gasteiger charge is -2.43. The van der Waals surface area contributed by atoms with Crippen molar-refractivity contribution in [1.82, 2.24) is 15.1 Å². The lowest BCUT2D eigenvalue weighted by Crippen LogP contribution is -2.62. The second-order valence-electron chi connectivity index (χ2n) is 7.78. The molecule has 1 saturated carbocycles. The Morgan fingerprint density at radius 1 is 1.26 bits per heavy atom. The van der Waals surface area contributed by atoms with Gasteiger partial charge in [0, 0.05) is 56.4 Å². The fraction of sp³-hybridized carbons (Fsp3) is 0.650. The highest BCUT2D eigenvalue weighted by atomic mass is 35.5. The summed E-state index contributed by atoms with van der Waals surface area (Å²) in [5.74, 6) is 1.37. The van der Waals surface area contributed by atoms with Gasteiger partial charge in [-0.15, -0.1) is 0 Å². The Morgan fingerprint density at radius 3 is 2.56 bits per heavy atom. The Morgan fingerprint density at radius 2 is 2.00 bits per heavy atom. The van der Waals surface area contributed by atoms with Gasteiger partial charge in [0.05, 0.1) is 19.3 Å². The van der Waals surface area contributed by atoms with Crippen LogP contribution in [0.5, 0.6) is 5.75 Å². The number of hydrogen-bond donors (Lipinski definition) is 2. The number of nitrogens with one attached hydrogen (secondary N) is 2. The standard InChI is InChI=1S/C20H29ClN4O2/c1-27-19-10-17(21)16(14-3-2-4-14)9-18(19)23-13-20(26)25-7-5-24(6-8-25)15-11-22-12-15/h9-10,14-15,22-23H,2-8,11-13H2,1H3. The molecule has 148 valence electrons. The summed E-state index contributed by atoms with van der Waals surface area (Å²) in [7, 11) is 1.64. The van der Waals surface area contributed by atoms with Crippen molar-refractivity contribution in [2.24, 2.45) is 0 Å². The van der Waals surface area contributed by atoms with E-state index in [1.54, 1.807) is 7.11 Å². The number of carbonyl (C=O) groups is 1. The summed E-state index contributed by atoms with van der Waals surface area (Å²) < 4.78 is 5.47. The van der Waals surface area contributed by atoms with Crippen LogP contribution in [0.15, 0.2) is 12.1 Å². The maximum absolute atomic E-state index is 12.6. The number of hydrogen-bond acceptors (Lipinski definition) is 5. The van der Waals surface area contributed by atoms with E-state index in [0.717, 1.165) is 50.0 Å². The van der Waals surface area contributed by atoms with Gasteiger partial charge in [-0.25, -0.2) is 0 Å². The van der Waals surface area contributed by atoms with E-state index in [-0.39, 0.29) is 12.5 Å². The van der Waals surface area contributed by atoms with E-state index in [4.69, 9.17) is 16.3 Å². The summed E-state index contributed by atoms with van der Waals surface area (Å²) in [4.78, 5) is 17.1. The van der Waals surface area contributed by atoms with Crippen molar-refractivity contribution in [3.8, 4) is 5.75 Å². The number of benzene rings is 1. The number of nitrogens with zero attached hydrogens (tertiary/aromatic N) is 2. The summed E-state index contributed by atoms with van der Waals surface area (Å²) >= 11 is 6.44. The third-order valence-corrected chi connectivity index (χ3v) is 6.56. The summed E-state index contributed by atoms with van der Waals surface area (Å²) in [5, 5.41) is 7.36. The van der Waals surface area contributed by atoms with Gasteiger partial charge in [0.2, 0.25) is 5.91 Å². The monoisotopic (exact) mass is 392 g/mol. The third-order valence-electron chi connectivity index (χ3n) is 6.24. The van der Waals surface area contributed by atoms with Crippen LogP contribution in [0, 0.1) is 0 Å². The molecule has 0 aromatic heterocycles. The fourth-order valence-electron chi connectivity index (χ4n) is 4.06. The maximum Gasteiger partial charge on any atom is 0.241 e. The smallest absolute Gasteiger partial charge is 0.241 e. The average molecular weight is 393 g/mol. The average Bonchev–Trinajstić information content (AvgIpc) is 2.59. The molecule has 2 heterocycles. The third kappa shape index (κ3) is 4.03. The van der Waals surface area contributed by atoms with Gasteiger partial charge in [0.15, 0.2) is 0 Å². The molecule has 0 spiro atoms. The van der Waals surface area contributed by atoms with E-state index in [2.05, 4.69) is 21.6 Å². The molecule has 0 radical (unpaired) electrons. The highest BCUT2D eigenvalue weighted by molar-refractivity contribution is 6.31. The fourth-order valence-corrected chi connectivity index (χ4v) is 4.37. The number of anilines is 1. The number of ether oxygens (including phenoxy) is 1. The summed E-state index contributed by atoms with van der Waals surface area (Å²) in [6.45, 7) is 5.99. The van der Waals surface area contributed by atoms with Gasteiger partial charge in [-0.1, -0.05) is 18.0 Å². The normalized spacial score (nSPS) is 21.5. The molecule has 6 nitrogen and oxygen atoms in total. The quantitative estimate of drug-likeness (QED) is 0.776. The molecule has 2 saturated heterocycles. The largest absolute Gasteiger partial charge is 0.495 e. The molecule has 0 unspecified atom stereocenters. The van der Waals surface area contributed by atoms with Crippen LogP contribution in [0.2, 0.25) is 5.02 Å². The van der Waals surface area contributed by atoms with E-state index in [9.17, 15) is 4.79 Å². The van der Waals surface area contributed by atoms with Gasteiger partial charge >= 0.3 is 0 Å². The zero-order valence-corrected chi connectivity index (χ0v) is 16.7. The lowest BCUT2D eigenvalue weighted by molar-refractivity contribution is -0.131.